The molecule has 1 unspecified atom stereocenters. The van der Waals surface area contributed by atoms with Gasteiger partial charge in [-0.1, -0.05) is 35.9 Å². The van der Waals surface area contributed by atoms with Crippen molar-refractivity contribution in [2.45, 2.75) is 6.10 Å². The zero-order chi connectivity index (χ0) is 13.2. The minimum Gasteiger partial charge on any atom is -0.384 e. The van der Waals surface area contributed by atoms with Crippen LogP contribution in [-0.4, -0.2) is 15.1 Å². The third-order valence-electron chi connectivity index (χ3n) is 2.99. The molecule has 3 nitrogen and oxygen atoms in total. The maximum atomic E-state index is 10.5. The predicted molar refractivity (Wildman–Crippen MR) is 75.1 cm³/mol. The molecule has 0 fully saturated rings. The summed E-state index contributed by atoms with van der Waals surface area (Å²) < 4.78 is 0. The molecule has 2 aromatic carbocycles. The number of halogens is 1. The second-order valence-electron chi connectivity index (χ2n) is 4.23. The van der Waals surface area contributed by atoms with Gasteiger partial charge >= 0.3 is 0 Å². The molecule has 0 bridgehead atoms. The predicted octanol–water partition coefficient (Wildman–Crippen LogP) is 3.36. The largest absolute Gasteiger partial charge is 0.384 e. The van der Waals surface area contributed by atoms with Crippen molar-refractivity contribution in [3.63, 3.8) is 0 Å². The summed E-state index contributed by atoms with van der Waals surface area (Å²) in [5, 5.41) is 11.1. The minimum absolute atomic E-state index is 0.600. The first-order valence-corrected chi connectivity index (χ1v) is 6.26. The van der Waals surface area contributed by atoms with Crippen molar-refractivity contribution in [2.24, 2.45) is 0 Å². The SMILES string of the molecule is OC(c1cccc(Cl)c1)c1cccc2nccnc12. The van der Waals surface area contributed by atoms with Crippen molar-refractivity contribution in [3.05, 3.63) is 71.0 Å². The number of benzene rings is 2. The average molecular weight is 271 g/mol. The maximum absolute atomic E-state index is 10.5. The van der Waals surface area contributed by atoms with Crippen molar-refractivity contribution >= 4 is 22.6 Å². The molecule has 0 radical (unpaired) electrons. The van der Waals surface area contributed by atoms with Gasteiger partial charge in [-0.3, -0.25) is 9.97 Å². The monoisotopic (exact) mass is 270 g/mol. The number of fused-ring (bicyclic) bond motifs is 1. The van der Waals surface area contributed by atoms with E-state index in [9.17, 15) is 5.11 Å². The van der Waals surface area contributed by atoms with Gasteiger partial charge in [0, 0.05) is 23.0 Å². The van der Waals surface area contributed by atoms with E-state index < -0.39 is 6.10 Å². The second kappa shape index (κ2) is 4.96. The van der Waals surface area contributed by atoms with Crippen molar-refractivity contribution in [1.82, 2.24) is 9.97 Å². The third-order valence-corrected chi connectivity index (χ3v) is 3.22. The van der Waals surface area contributed by atoms with Crippen LogP contribution < -0.4 is 0 Å². The number of hydrogen-bond donors (Lipinski definition) is 1. The van der Waals surface area contributed by atoms with Gasteiger partial charge in [0.2, 0.25) is 0 Å². The second-order valence-corrected chi connectivity index (χ2v) is 4.67. The molecule has 0 aliphatic carbocycles. The summed E-state index contributed by atoms with van der Waals surface area (Å²) in [7, 11) is 0. The first-order valence-electron chi connectivity index (χ1n) is 5.89. The number of rotatable bonds is 2. The highest BCUT2D eigenvalue weighted by Crippen LogP contribution is 2.28. The lowest BCUT2D eigenvalue weighted by Gasteiger charge is -2.13. The van der Waals surface area contributed by atoms with Crippen LogP contribution in [0.25, 0.3) is 11.0 Å². The van der Waals surface area contributed by atoms with Gasteiger partial charge in [-0.25, -0.2) is 0 Å². The molecule has 1 N–H and O–H groups in total. The third kappa shape index (κ3) is 2.30. The van der Waals surface area contributed by atoms with E-state index in [4.69, 9.17) is 11.6 Å². The maximum Gasteiger partial charge on any atom is 0.106 e. The number of aromatic nitrogens is 2. The summed E-state index contributed by atoms with van der Waals surface area (Å²) in [6.07, 6.45) is 2.49. The molecule has 19 heavy (non-hydrogen) atoms. The average Bonchev–Trinajstić information content (AvgIpc) is 2.46. The molecule has 1 atom stereocenters. The number of aliphatic hydroxyl groups is 1. The van der Waals surface area contributed by atoms with E-state index in [1.807, 2.05) is 30.3 Å². The van der Waals surface area contributed by atoms with Crippen LogP contribution in [0.2, 0.25) is 5.02 Å². The number of hydrogen-bond acceptors (Lipinski definition) is 3. The Morgan fingerprint density at radius 3 is 2.63 bits per heavy atom. The highest BCUT2D eigenvalue weighted by Gasteiger charge is 2.14. The van der Waals surface area contributed by atoms with E-state index >= 15 is 0 Å². The molecule has 0 saturated heterocycles. The quantitative estimate of drug-likeness (QED) is 0.777. The lowest BCUT2D eigenvalue weighted by molar-refractivity contribution is 0.221. The topological polar surface area (TPSA) is 46.0 Å². The molecule has 0 aliphatic rings. The lowest BCUT2D eigenvalue weighted by atomic mass is 10.00. The highest BCUT2D eigenvalue weighted by atomic mass is 35.5. The Hall–Kier alpha value is -1.97. The lowest BCUT2D eigenvalue weighted by Crippen LogP contribution is -2.01. The van der Waals surface area contributed by atoms with Gasteiger partial charge in [0.15, 0.2) is 0 Å². The Kier molecular flexibility index (Phi) is 3.15. The number of nitrogens with zero attached hydrogens (tertiary/aromatic N) is 2. The smallest absolute Gasteiger partial charge is 0.106 e. The fourth-order valence-electron chi connectivity index (χ4n) is 2.09. The van der Waals surface area contributed by atoms with E-state index in [2.05, 4.69) is 9.97 Å². The Morgan fingerprint density at radius 1 is 1.00 bits per heavy atom. The van der Waals surface area contributed by atoms with E-state index in [0.29, 0.717) is 10.5 Å². The van der Waals surface area contributed by atoms with Crippen LogP contribution >= 0.6 is 11.6 Å². The molecular formula is C15H11ClN2O. The molecule has 0 amide bonds. The number of aliphatic hydroxyl groups excluding tert-OH is 1. The summed E-state index contributed by atoms with van der Waals surface area (Å²) >= 11 is 5.96. The fraction of sp³-hybridized carbons (Fsp3) is 0.0667. The van der Waals surface area contributed by atoms with Crippen molar-refractivity contribution in [3.8, 4) is 0 Å². The molecule has 3 rings (SSSR count). The van der Waals surface area contributed by atoms with Crippen LogP contribution in [-0.2, 0) is 0 Å². The standard InChI is InChI=1S/C15H11ClN2O/c16-11-4-1-3-10(9-11)15(19)12-5-2-6-13-14(12)18-8-7-17-13/h1-9,15,19H. The van der Waals surface area contributed by atoms with E-state index in [1.54, 1.807) is 24.5 Å². The summed E-state index contributed by atoms with van der Waals surface area (Å²) in [5.41, 5.74) is 2.94. The normalized spacial score (nSPS) is 12.5. The Morgan fingerprint density at radius 2 is 1.79 bits per heavy atom. The first kappa shape index (κ1) is 12.1. The summed E-state index contributed by atoms with van der Waals surface area (Å²) in [4.78, 5) is 8.53. The molecule has 0 aliphatic heterocycles. The zero-order valence-corrected chi connectivity index (χ0v) is 10.7. The minimum atomic E-state index is -0.765. The number of para-hydroxylation sites is 1. The molecular weight excluding hydrogens is 260 g/mol. The van der Waals surface area contributed by atoms with Gasteiger partial charge in [0.05, 0.1) is 11.0 Å². The van der Waals surface area contributed by atoms with Gasteiger partial charge in [-0.15, -0.1) is 0 Å². The van der Waals surface area contributed by atoms with Crippen molar-refractivity contribution < 1.29 is 5.11 Å². The molecule has 4 heteroatoms. The van der Waals surface area contributed by atoms with Crippen LogP contribution in [0, 0.1) is 0 Å². The first-order chi connectivity index (χ1) is 9.25. The van der Waals surface area contributed by atoms with Gasteiger partial charge in [-0.2, -0.15) is 0 Å². The van der Waals surface area contributed by atoms with Gasteiger partial charge in [0.1, 0.15) is 6.10 Å². The van der Waals surface area contributed by atoms with E-state index in [0.717, 1.165) is 16.6 Å². The van der Waals surface area contributed by atoms with Gasteiger partial charge in [0.25, 0.3) is 0 Å². The molecule has 0 spiro atoms. The summed E-state index contributed by atoms with van der Waals surface area (Å²) in [5.74, 6) is 0. The molecule has 1 aromatic heterocycles. The summed E-state index contributed by atoms with van der Waals surface area (Å²) in [6.45, 7) is 0. The van der Waals surface area contributed by atoms with Crippen LogP contribution in [0.1, 0.15) is 17.2 Å². The van der Waals surface area contributed by atoms with Crippen LogP contribution in [0.3, 0.4) is 0 Å². The molecule has 0 saturated carbocycles. The van der Waals surface area contributed by atoms with Crippen molar-refractivity contribution in [1.29, 1.82) is 0 Å². The molecule has 94 valence electrons. The van der Waals surface area contributed by atoms with Gasteiger partial charge in [-0.05, 0) is 23.8 Å². The van der Waals surface area contributed by atoms with E-state index in [1.165, 1.54) is 0 Å². The molecule has 1 heterocycles. The highest BCUT2D eigenvalue weighted by molar-refractivity contribution is 6.30. The van der Waals surface area contributed by atoms with Crippen molar-refractivity contribution in [2.75, 3.05) is 0 Å². The van der Waals surface area contributed by atoms with E-state index in [-0.39, 0.29) is 0 Å². The van der Waals surface area contributed by atoms with Crippen LogP contribution in [0.4, 0.5) is 0 Å². The zero-order valence-electron chi connectivity index (χ0n) is 9.99. The van der Waals surface area contributed by atoms with Gasteiger partial charge < -0.3 is 5.11 Å². The summed E-state index contributed by atoms with van der Waals surface area (Å²) in [6, 6.07) is 12.8. The Balaban J connectivity index is 2.14. The fourth-order valence-corrected chi connectivity index (χ4v) is 2.29. The van der Waals surface area contributed by atoms with Crippen LogP contribution in [0.15, 0.2) is 54.9 Å². The molecule has 3 aromatic rings. The Bertz CT molecular complexity index is 725. The Labute approximate surface area is 115 Å². The van der Waals surface area contributed by atoms with Crippen LogP contribution in [0.5, 0.6) is 0 Å².